The highest BCUT2D eigenvalue weighted by Crippen LogP contribution is 2.43. The fourth-order valence-corrected chi connectivity index (χ4v) is 6.44. The molecule has 190 valence electrons. The summed E-state index contributed by atoms with van der Waals surface area (Å²) in [6, 6.07) is 14.6. The minimum Gasteiger partial charge on any atom is -0.361 e. The van der Waals surface area contributed by atoms with Gasteiger partial charge in [0.1, 0.15) is 11.4 Å². The zero-order valence-electron chi connectivity index (χ0n) is 21.6. The van der Waals surface area contributed by atoms with Crippen molar-refractivity contribution in [2.24, 2.45) is 5.92 Å². The number of pyridine rings is 2. The van der Waals surface area contributed by atoms with Crippen molar-refractivity contribution in [2.75, 3.05) is 0 Å². The lowest BCUT2D eigenvalue weighted by molar-refractivity contribution is 0.0965. The second-order valence-corrected chi connectivity index (χ2v) is 10.5. The van der Waals surface area contributed by atoms with E-state index in [4.69, 9.17) is 14.5 Å². The van der Waals surface area contributed by atoms with Crippen molar-refractivity contribution in [3.63, 3.8) is 0 Å². The van der Waals surface area contributed by atoms with E-state index in [1.165, 1.54) is 25.7 Å². The average Bonchev–Trinajstić information content (AvgIpc) is 3.73. The Morgan fingerprint density at radius 2 is 1.89 bits per heavy atom. The molecule has 2 aliphatic rings. The first-order chi connectivity index (χ1) is 18.6. The topological polar surface area (TPSA) is 85.8 Å². The molecule has 5 heterocycles. The molecule has 0 saturated heterocycles. The van der Waals surface area contributed by atoms with Gasteiger partial charge < -0.3 is 14.4 Å². The molecule has 1 amide bonds. The van der Waals surface area contributed by atoms with Crippen molar-refractivity contribution >= 4 is 16.9 Å². The highest BCUT2D eigenvalue weighted by atomic mass is 16.5. The Balaban J connectivity index is 1.47. The van der Waals surface area contributed by atoms with Gasteiger partial charge in [-0.15, -0.1) is 0 Å². The lowest BCUT2D eigenvalue weighted by Crippen LogP contribution is -2.19. The van der Waals surface area contributed by atoms with Gasteiger partial charge in [-0.3, -0.25) is 9.78 Å². The summed E-state index contributed by atoms with van der Waals surface area (Å²) in [5, 5.41) is 8.18. The molecule has 1 saturated carbocycles. The molecule has 0 spiro atoms. The quantitative estimate of drug-likeness (QED) is 0.300. The number of carbonyl (C=O) groups is 1. The van der Waals surface area contributed by atoms with Crippen LogP contribution in [0.1, 0.15) is 64.8 Å². The number of aromatic nitrogens is 4. The number of carbonyl (C=O) groups excluding carboxylic acids is 1. The smallest absolute Gasteiger partial charge is 0.251 e. The number of aryl methyl sites for hydroxylation is 2. The SMILES string of the molecule is Cc1noc(C)c1-c1cnc2c(c1)c(-c1ccc3c(c1)CNC3=O)cn2C(c1ccccn1)C1CCCC1. The molecule has 7 heteroatoms. The van der Waals surface area contributed by atoms with E-state index >= 15 is 0 Å². The van der Waals surface area contributed by atoms with E-state index in [0.29, 0.717) is 12.5 Å². The van der Waals surface area contributed by atoms with Gasteiger partial charge in [0.25, 0.3) is 5.91 Å². The van der Waals surface area contributed by atoms with Crippen molar-refractivity contribution < 1.29 is 9.32 Å². The third-order valence-electron chi connectivity index (χ3n) is 8.23. The predicted octanol–water partition coefficient (Wildman–Crippen LogP) is 6.39. The average molecular weight is 504 g/mol. The van der Waals surface area contributed by atoms with Crippen LogP contribution in [0.25, 0.3) is 33.3 Å². The molecule has 1 N–H and O–H groups in total. The van der Waals surface area contributed by atoms with E-state index in [0.717, 1.165) is 61.6 Å². The zero-order valence-corrected chi connectivity index (χ0v) is 21.6. The van der Waals surface area contributed by atoms with E-state index in [1.54, 1.807) is 0 Å². The fourth-order valence-electron chi connectivity index (χ4n) is 6.44. The minimum absolute atomic E-state index is 0.00668. The second kappa shape index (κ2) is 8.94. The van der Waals surface area contributed by atoms with Gasteiger partial charge in [0.15, 0.2) is 0 Å². The summed E-state index contributed by atoms with van der Waals surface area (Å²) in [7, 11) is 0. The Hall–Kier alpha value is -4.26. The van der Waals surface area contributed by atoms with Crippen LogP contribution in [-0.2, 0) is 6.54 Å². The van der Waals surface area contributed by atoms with Crippen LogP contribution in [0.3, 0.4) is 0 Å². The highest BCUT2D eigenvalue weighted by molar-refractivity contribution is 6.01. The number of benzene rings is 1. The number of hydrogen-bond donors (Lipinski definition) is 1. The fraction of sp³-hybridized carbons (Fsp3) is 0.290. The Morgan fingerprint density at radius 1 is 1.03 bits per heavy atom. The van der Waals surface area contributed by atoms with Gasteiger partial charge in [-0.25, -0.2) is 4.98 Å². The molecular weight excluding hydrogens is 474 g/mol. The number of amides is 1. The Kier molecular flexibility index (Phi) is 5.39. The number of fused-ring (bicyclic) bond motifs is 2. The third kappa shape index (κ3) is 3.64. The summed E-state index contributed by atoms with van der Waals surface area (Å²) < 4.78 is 7.82. The number of nitrogens with zero attached hydrogens (tertiary/aromatic N) is 4. The van der Waals surface area contributed by atoms with Crippen molar-refractivity contribution in [2.45, 2.75) is 52.1 Å². The molecule has 1 unspecified atom stereocenters. The van der Waals surface area contributed by atoms with Crippen LogP contribution in [-0.4, -0.2) is 25.6 Å². The molecular formula is C31H29N5O2. The van der Waals surface area contributed by atoms with E-state index in [2.05, 4.69) is 51.6 Å². The maximum atomic E-state index is 12.2. The van der Waals surface area contributed by atoms with Gasteiger partial charge in [-0.2, -0.15) is 0 Å². The lowest BCUT2D eigenvalue weighted by Gasteiger charge is -2.25. The van der Waals surface area contributed by atoms with Crippen LogP contribution in [0.15, 0.2) is 65.6 Å². The number of hydrogen-bond acceptors (Lipinski definition) is 5. The normalized spacial score (nSPS) is 16.2. The Labute approximate surface area is 220 Å². The van der Waals surface area contributed by atoms with E-state index in [1.807, 2.05) is 38.4 Å². The lowest BCUT2D eigenvalue weighted by atomic mass is 9.94. The van der Waals surface area contributed by atoms with Crippen molar-refractivity contribution in [3.05, 3.63) is 89.3 Å². The van der Waals surface area contributed by atoms with Crippen LogP contribution in [0, 0.1) is 19.8 Å². The summed E-state index contributed by atoms with van der Waals surface area (Å²) >= 11 is 0. The van der Waals surface area contributed by atoms with Crippen LogP contribution in [0.5, 0.6) is 0 Å². The first-order valence-electron chi connectivity index (χ1n) is 13.3. The molecule has 38 heavy (non-hydrogen) atoms. The zero-order chi connectivity index (χ0) is 25.8. The molecule has 5 aromatic rings. The van der Waals surface area contributed by atoms with Gasteiger partial charge in [0.2, 0.25) is 0 Å². The van der Waals surface area contributed by atoms with Gasteiger partial charge in [-0.05, 0) is 74.1 Å². The van der Waals surface area contributed by atoms with Gasteiger partial charge in [0.05, 0.1) is 17.4 Å². The molecule has 0 bridgehead atoms. The van der Waals surface area contributed by atoms with Crippen LogP contribution >= 0.6 is 0 Å². The van der Waals surface area contributed by atoms with Crippen molar-refractivity contribution in [1.82, 2.24) is 25.0 Å². The predicted molar refractivity (Wildman–Crippen MR) is 146 cm³/mol. The molecule has 1 aliphatic carbocycles. The molecule has 1 aliphatic heterocycles. The first-order valence-corrected chi connectivity index (χ1v) is 13.3. The summed E-state index contributed by atoms with van der Waals surface area (Å²) in [5.41, 5.74) is 8.79. The van der Waals surface area contributed by atoms with E-state index < -0.39 is 0 Å². The third-order valence-corrected chi connectivity index (χ3v) is 8.23. The van der Waals surface area contributed by atoms with Crippen LogP contribution in [0.2, 0.25) is 0 Å². The van der Waals surface area contributed by atoms with Gasteiger partial charge in [-0.1, -0.05) is 30.1 Å². The highest BCUT2D eigenvalue weighted by Gasteiger charge is 2.31. The molecule has 0 radical (unpaired) electrons. The summed E-state index contributed by atoms with van der Waals surface area (Å²) in [5.74, 6) is 1.27. The monoisotopic (exact) mass is 503 g/mol. The second-order valence-electron chi connectivity index (χ2n) is 10.5. The molecule has 1 fully saturated rings. The maximum absolute atomic E-state index is 12.2. The first kappa shape index (κ1) is 22.9. The van der Waals surface area contributed by atoms with Gasteiger partial charge in [0, 0.05) is 52.8 Å². The summed E-state index contributed by atoms with van der Waals surface area (Å²) in [6.45, 7) is 4.46. The van der Waals surface area contributed by atoms with Crippen molar-refractivity contribution in [3.8, 4) is 22.3 Å². The summed E-state index contributed by atoms with van der Waals surface area (Å²) in [4.78, 5) is 22.1. The maximum Gasteiger partial charge on any atom is 0.251 e. The van der Waals surface area contributed by atoms with Crippen LogP contribution in [0.4, 0.5) is 0 Å². The standard InChI is InChI=1S/C31H29N5O2/c1-18-28(19(2)38-35-18)23-14-25-26(21-10-11-24-22(13-21)15-34-31(24)37)17-36(30(25)33-16-23)29(20-7-3-4-8-20)27-9-5-6-12-32-27/h5-6,9-14,16-17,20,29H,3-4,7-8,15H2,1-2H3,(H,34,37). The molecule has 7 nitrogen and oxygen atoms in total. The molecule has 4 aromatic heterocycles. The molecule has 1 aromatic carbocycles. The van der Waals surface area contributed by atoms with E-state index in [-0.39, 0.29) is 11.9 Å². The molecule has 7 rings (SSSR count). The number of nitrogens with one attached hydrogen (secondary N) is 1. The molecule has 1 atom stereocenters. The summed E-state index contributed by atoms with van der Waals surface area (Å²) in [6.07, 6.45) is 10.9. The number of rotatable bonds is 5. The Bertz CT molecular complexity index is 1660. The van der Waals surface area contributed by atoms with E-state index in [9.17, 15) is 4.79 Å². The van der Waals surface area contributed by atoms with Crippen molar-refractivity contribution in [1.29, 1.82) is 0 Å². The Morgan fingerprint density at radius 3 is 2.66 bits per heavy atom. The van der Waals surface area contributed by atoms with Gasteiger partial charge >= 0.3 is 0 Å². The minimum atomic E-state index is -0.00668. The largest absolute Gasteiger partial charge is 0.361 e. The van der Waals surface area contributed by atoms with Crippen LogP contribution < -0.4 is 5.32 Å².